The minimum Gasteiger partial charge on any atom is -0.493 e. The van der Waals surface area contributed by atoms with Crippen LogP contribution < -0.4 is 14.2 Å². The van der Waals surface area contributed by atoms with Gasteiger partial charge >= 0.3 is 5.97 Å². The summed E-state index contributed by atoms with van der Waals surface area (Å²) in [5, 5.41) is 0. The van der Waals surface area contributed by atoms with Gasteiger partial charge in [-0.3, -0.25) is 0 Å². The quantitative estimate of drug-likeness (QED) is 0.676. The van der Waals surface area contributed by atoms with Crippen LogP contribution in [0.3, 0.4) is 0 Å². The summed E-state index contributed by atoms with van der Waals surface area (Å²) in [6.07, 6.45) is 0.881. The fraction of sp³-hybridized carbons (Fsp3) is 0.350. The number of carbonyl (C=O) groups excluding carboxylic acids is 1. The van der Waals surface area contributed by atoms with Gasteiger partial charge < -0.3 is 18.9 Å². The maximum Gasteiger partial charge on any atom is 0.338 e. The van der Waals surface area contributed by atoms with Crippen molar-refractivity contribution in [3.05, 3.63) is 53.6 Å². The van der Waals surface area contributed by atoms with Crippen LogP contribution in [0, 0.1) is 0 Å². The summed E-state index contributed by atoms with van der Waals surface area (Å²) in [7, 11) is 4.54. The van der Waals surface area contributed by atoms with Crippen LogP contribution in [0.2, 0.25) is 0 Å². The summed E-state index contributed by atoms with van der Waals surface area (Å²) in [5.74, 6) is 1.02. The minimum atomic E-state index is -0.423. The summed E-state index contributed by atoms with van der Waals surface area (Å²) < 4.78 is 21.3. The second-order valence-corrected chi connectivity index (χ2v) is 5.53. The maximum atomic E-state index is 12.5. The molecule has 25 heavy (non-hydrogen) atoms. The van der Waals surface area contributed by atoms with Gasteiger partial charge in [-0.1, -0.05) is 37.3 Å². The summed E-state index contributed by atoms with van der Waals surface area (Å²) in [5.41, 5.74) is 1.51. The average Bonchev–Trinajstić information content (AvgIpc) is 2.67. The molecule has 0 amide bonds. The van der Waals surface area contributed by atoms with E-state index in [1.54, 1.807) is 12.1 Å². The van der Waals surface area contributed by atoms with Crippen LogP contribution in [0.1, 0.15) is 35.2 Å². The largest absolute Gasteiger partial charge is 0.493 e. The molecule has 0 aromatic heterocycles. The van der Waals surface area contributed by atoms with Crippen molar-refractivity contribution in [3.63, 3.8) is 0 Å². The van der Waals surface area contributed by atoms with Gasteiger partial charge in [0.1, 0.15) is 0 Å². The first kappa shape index (κ1) is 18.6. The van der Waals surface area contributed by atoms with Gasteiger partial charge in [-0.25, -0.2) is 4.79 Å². The van der Waals surface area contributed by atoms with Crippen LogP contribution in [0.4, 0.5) is 0 Å². The molecule has 0 aliphatic carbocycles. The molecular formula is C20H24O5. The normalized spacial score (nSPS) is 11.5. The standard InChI is InChI=1S/C20H24O5/c1-5-14(15-9-7-6-8-10-15)13-25-20(21)16-11-17(22-2)19(24-4)18(12-16)23-3/h6-12,14H,5,13H2,1-4H3/t14-/m0/s1. The SMILES string of the molecule is CC[C@@H](COC(=O)c1cc(OC)c(OC)c(OC)c1)c1ccccc1. The Labute approximate surface area is 148 Å². The van der Waals surface area contributed by atoms with Crippen molar-refractivity contribution in [1.29, 1.82) is 0 Å². The molecule has 0 heterocycles. The average molecular weight is 344 g/mol. The van der Waals surface area contributed by atoms with Crippen molar-refractivity contribution in [2.45, 2.75) is 19.3 Å². The zero-order valence-corrected chi connectivity index (χ0v) is 15.1. The molecule has 2 aromatic rings. The lowest BCUT2D eigenvalue weighted by Crippen LogP contribution is -2.13. The van der Waals surface area contributed by atoms with E-state index in [9.17, 15) is 4.79 Å². The molecule has 5 heteroatoms. The maximum absolute atomic E-state index is 12.5. The van der Waals surface area contributed by atoms with Crippen LogP contribution in [-0.2, 0) is 4.74 Å². The molecule has 0 unspecified atom stereocenters. The fourth-order valence-corrected chi connectivity index (χ4v) is 2.63. The Kier molecular flexibility index (Phi) is 6.69. The molecule has 0 radical (unpaired) electrons. The molecule has 0 aliphatic rings. The number of rotatable bonds is 8. The third-order valence-corrected chi connectivity index (χ3v) is 4.08. The van der Waals surface area contributed by atoms with Gasteiger partial charge in [0.05, 0.1) is 33.5 Å². The molecule has 134 valence electrons. The molecule has 0 bridgehead atoms. The summed E-state index contributed by atoms with van der Waals surface area (Å²) in [6.45, 7) is 2.39. The second kappa shape index (κ2) is 8.97. The van der Waals surface area contributed by atoms with Crippen molar-refractivity contribution in [2.24, 2.45) is 0 Å². The zero-order valence-electron chi connectivity index (χ0n) is 15.1. The molecule has 0 N–H and O–H groups in total. The Morgan fingerprint density at radius 2 is 1.56 bits per heavy atom. The first-order valence-electron chi connectivity index (χ1n) is 8.16. The second-order valence-electron chi connectivity index (χ2n) is 5.53. The number of hydrogen-bond donors (Lipinski definition) is 0. The Hall–Kier alpha value is -2.69. The third kappa shape index (κ3) is 4.44. The van der Waals surface area contributed by atoms with Crippen LogP contribution >= 0.6 is 0 Å². The lowest BCUT2D eigenvalue weighted by atomic mass is 9.97. The molecule has 0 spiro atoms. The molecule has 0 saturated carbocycles. The summed E-state index contributed by atoms with van der Waals surface area (Å²) in [6, 6.07) is 13.2. The summed E-state index contributed by atoms with van der Waals surface area (Å²) in [4.78, 5) is 12.5. The van der Waals surface area contributed by atoms with Crippen molar-refractivity contribution in [3.8, 4) is 17.2 Å². The van der Waals surface area contributed by atoms with Gasteiger partial charge in [-0.15, -0.1) is 0 Å². The number of esters is 1. The molecule has 2 rings (SSSR count). The van der Waals surface area contributed by atoms with Crippen LogP contribution in [0.25, 0.3) is 0 Å². The highest BCUT2D eigenvalue weighted by atomic mass is 16.5. The van der Waals surface area contributed by atoms with E-state index in [1.165, 1.54) is 21.3 Å². The molecular weight excluding hydrogens is 320 g/mol. The van der Waals surface area contributed by atoms with Crippen molar-refractivity contribution in [1.82, 2.24) is 0 Å². The predicted octanol–water partition coefficient (Wildman–Crippen LogP) is 4.06. The van der Waals surface area contributed by atoms with Crippen LogP contribution in [-0.4, -0.2) is 33.9 Å². The highest BCUT2D eigenvalue weighted by Crippen LogP contribution is 2.38. The van der Waals surface area contributed by atoms with Gasteiger partial charge in [0.2, 0.25) is 5.75 Å². The van der Waals surface area contributed by atoms with E-state index in [1.807, 2.05) is 30.3 Å². The van der Waals surface area contributed by atoms with E-state index in [0.717, 1.165) is 12.0 Å². The third-order valence-electron chi connectivity index (χ3n) is 4.08. The summed E-state index contributed by atoms with van der Waals surface area (Å²) >= 11 is 0. The predicted molar refractivity (Wildman–Crippen MR) is 95.9 cm³/mol. The first-order chi connectivity index (χ1) is 12.1. The Balaban J connectivity index is 2.15. The van der Waals surface area contributed by atoms with E-state index >= 15 is 0 Å². The van der Waals surface area contributed by atoms with E-state index < -0.39 is 5.97 Å². The highest BCUT2D eigenvalue weighted by molar-refractivity contribution is 5.91. The Morgan fingerprint density at radius 3 is 2.04 bits per heavy atom. The highest BCUT2D eigenvalue weighted by Gasteiger charge is 2.19. The number of methoxy groups -OCH3 is 3. The van der Waals surface area contributed by atoms with E-state index in [4.69, 9.17) is 18.9 Å². The smallest absolute Gasteiger partial charge is 0.338 e. The monoisotopic (exact) mass is 344 g/mol. The topological polar surface area (TPSA) is 54.0 Å². The van der Waals surface area contributed by atoms with Gasteiger partial charge in [-0.05, 0) is 24.1 Å². The van der Waals surface area contributed by atoms with Crippen molar-refractivity contribution >= 4 is 5.97 Å². The van der Waals surface area contributed by atoms with Crippen molar-refractivity contribution in [2.75, 3.05) is 27.9 Å². The van der Waals surface area contributed by atoms with E-state index in [0.29, 0.717) is 29.4 Å². The van der Waals surface area contributed by atoms with Gasteiger partial charge in [0.15, 0.2) is 11.5 Å². The lowest BCUT2D eigenvalue weighted by Gasteiger charge is -2.17. The van der Waals surface area contributed by atoms with Crippen molar-refractivity contribution < 1.29 is 23.7 Å². The van der Waals surface area contributed by atoms with Crippen LogP contribution in [0.5, 0.6) is 17.2 Å². The molecule has 0 aliphatic heterocycles. The van der Waals surface area contributed by atoms with E-state index in [2.05, 4.69) is 6.92 Å². The minimum absolute atomic E-state index is 0.159. The molecule has 0 saturated heterocycles. The number of hydrogen-bond acceptors (Lipinski definition) is 5. The molecule has 2 aromatic carbocycles. The van der Waals surface area contributed by atoms with Gasteiger partial charge in [0, 0.05) is 5.92 Å². The Bertz CT molecular complexity index is 671. The molecule has 0 fully saturated rings. The Morgan fingerprint density at radius 1 is 0.960 bits per heavy atom. The lowest BCUT2D eigenvalue weighted by molar-refractivity contribution is 0.0476. The first-order valence-corrected chi connectivity index (χ1v) is 8.16. The zero-order chi connectivity index (χ0) is 18.2. The molecule has 1 atom stereocenters. The van der Waals surface area contributed by atoms with E-state index in [-0.39, 0.29) is 5.92 Å². The molecule has 5 nitrogen and oxygen atoms in total. The fourth-order valence-electron chi connectivity index (χ4n) is 2.63. The van der Waals surface area contributed by atoms with Gasteiger partial charge in [0.25, 0.3) is 0 Å². The number of carbonyl (C=O) groups is 1. The van der Waals surface area contributed by atoms with Gasteiger partial charge in [-0.2, -0.15) is 0 Å². The van der Waals surface area contributed by atoms with Crippen LogP contribution in [0.15, 0.2) is 42.5 Å². The number of ether oxygens (including phenoxy) is 4. The number of benzene rings is 2.